The topological polar surface area (TPSA) is 98.4 Å². The third kappa shape index (κ3) is 4.56. The molecular weight excluding hydrogens is 387 g/mol. The summed E-state index contributed by atoms with van der Waals surface area (Å²) < 4.78 is 43.6. The van der Waals surface area contributed by atoms with E-state index in [0.717, 1.165) is 0 Å². The van der Waals surface area contributed by atoms with Crippen molar-refractivity contribution < 1.29 is 28.1 Å². The molecule has 1 atom stereocenters. The Morgan fingerprint density at radius 1 is 1.17 bits per heavy atom. The van der Waals surface area contributed by atoms with Gasteiger partial charge in [-0.05, 0) is 41.3 Å². The first kappa shape index (κ1) is 20.4. The number of aliphatic hydroxyl groups excluding tert-OH is 2. The third-order valence-corrected chi connectivity index (χ3v) is 4.14. The van der Waals surface area contributed by atoms with E-state index in [9.17, 15) is 23.5 Å². The molecular formula is C20H16F3N3O3. The van der Waals surface area contributed by atoms with E-state index in [0.29, 0.717) is 16.3 Å². The Morgan fingerprint density at radius 2 is 1.97 bits per heavy atom. The zero-order chi connectivity index (χ0) is 21.0. The number of pyridine rings is 1. The van der Waals surface area contributed by atoms with E-state index in [1.807, 2.05) is 6.07 Å². The minimum absolute atomic E-state index is 0.0575. The highest BCUT2D eigenvalue weighted by molar-refractivity contribution is 6.04. The number of nitriles is 1. The molecule has 0 aliphatic carbocycles. The van der Waals surface area contributed by atoms with Gasteiger partial charge in [-0.15, -0.1) is 0 Å². The summed E-state index contributed by atoms with van der Waals surface area (Å²) in [6.07, 6.45) is -1.07. The van der Waals surface area contributed by atoms with Crippen LogP contribution >= 0.6 is 0 Å². The fourth-order valence-electron chi connectivity index (χ4n) is 2.90. The maximum absolute atomic E-state index is 13.8. The molecule has 0 fully saturated rings. The van der Waals surface area contributed by atoms with Crippen molar-refractivity contribution in [3.8, 4) is 22.9 Å². The molecule has 29 heavy (non-hydrogen) atoms. The molecule has 0 amide bonds. The number of nitrogens with zero attached hydrogens (tertiary/aromatic N) is 2. The second kappa shape index (κ2) is 8.77. The van der Waals surface area contributed by atoms with E-state index in [4.69, 9.17) is 5.11 Å². The van der Waals surface area contributed by atoms with E-state index >= 15 is 0 Å². The number of fused-ring (bicyclic) bond motifs is 1. The average molecular weight is 403 g/mol. The fourth-order valence-corrected chi connectivity index (χ4v) is 2.90. The SMILES string of the molecule is N#Cc1nc(NCC(O)CO)c2ccc(OC(F)F)cc2c1-c1cccc(F)c1. The predicted octanol–water partition coefficient (Wildman–Crippen LogP) is 3.28. The molecule has 6 nitrogen and oxygen atoms in total. The summed E-state index contributed by atoms with van der Waals surface area (Å²) >= 11 is 0. The van der Waals surface area contributed by atoms with Crippen molar-refractivity contribution in [1.29, 1.82) is 5.26 Å². The molecule has 0 aliphatic heterocycles. The first-order valence-corrected chi connectivity index (χ1v) is 8.54. The molecule has 0 spiro atoms. The monoisotopic (exact) mass is 403 g/mol. The van der Waals surface area contributed by atoms with Crippen LogP contribution in [0.4, 0.5) is 19.0 Å². The molecule has 2 aromatic carbocycles. The minimum Gasteiger partial charge on any atom is -0.435 e. The molecule has 3 rings (SSSR count). The van der Waals surface area contributed by atoms with Crippen molar-refractivity contribution in [3.05, 3.63) is 54.0 Å². The van der Waals surface area contributed by atoms with Gasteiger partial charge in [0.15, 0.2) is 5.69 Å². The summed E-state index contributed by atoms with van der Waals surface area (Å²) in [6, 6.07) is 11.5. The zero-order valence-electron chi connectivity index (χ0n) is 14.9. The molecule has 1 aromatic heterocycles. The van der Waals surface area contributed by atoms with E-state index < -0.39 is 25.1 Å². The van der Waals surface area contributed by atoms with E-state index in [2.05, 4.69) is 15.0 Å². The normalized spacial score (nSPS) is 12.0. The molecule has 3 aromatic rings. The molecule has 0 bridgehead atoms. The average Bonchev–Trinajstić information content (AvgIpc) is 2.70. The van der Waals surface area contributed by atoms with Crippen molar-refractivity contribution in [2.45, 2.75) is 12.7 Å². The Labute approximate surface area is 163 Å². The van der Waals surface area contributed by atoms with Gasteiger partial charge >= 0.3 is 6.61 Å². The lowest BCUT2D eigenvalue weighted by Crippen LogP contribution is -2.23. The number of ether oxygens (including phenoxy) is 1. The summed E-state index contributed by atoms with van der Waals surface area (Å²) in [5, 5.41) is 31.8. The number of anilines is 1. The lowest BCUT2D eigenvalue weighted by atomic mass is 9.96. The lowest BCUT2D eigenvalue weighted by Gasteiger charge is -2.16. The number of hydrogen-bond donors (Lipinski definition) is 3. The van der Waals surface area contributed by atoms with Gasteiger partial charge in [0.05, 0.1) is 12.7 Å². The summed E-state index contributed by atoms with van der Waals surface area (Å²) in [4.78, 5) is 4.25. The van der Waals surface area contributed by atoms with Gasteiger partial charge in [0.2, 0.25) is 0 Å². The number of benzene rings is 2. The summed E-state index contributed by atoms with van der Waals surface area (Å²) in [5.41, 5.74) is 0.531. The maximum Gasteiger partial charge on any atom is 0.387 e. The largest absolute Gasteiger partial charge is 0.435 e. The van der Waals surface area contributed by atoms with Crippen LogP contribution in [0.5, 0.6) is 5.75 Å². The second-order valence-corrected chi connectivity index (χ2v) is 6.11. The molecule has 1 unspecified atom stereocenters. The van der Waals surface area contributed by atoms with Gasteiger partial charge in [-0.3, -0.25) is 0 Å². The van der Waals surface area contributed by atoms with Crippen molar-refractivity contribution >= 4 is 16.6 Å². The van der Waals surface area contributed by atoms with Crippen LogP contribution in [0, 0.1) is 17.1 Å². The van der Waals surface area contributed by atoms with Crippen LogP contribution in [0.1, 0.15) is 5.69 Å². The van der Waals surface area contributed by atoms with Gasteiger partial charge < -0.3 is 20.3 Å². The molecule has 150 valence electrons. The Hall–Kier alpha value is -3.35. The standard InChI is InChI=1S/C20H16F3N3O3/c21-12-3-1-2-11(6-12)18-16-7-14(29-20(22)23)4-5-15(16)19(26-17(18)8-24)25-9-13(28)10-27/h1-7,13,20,27-28H,9-10H2,(H,25,26). The molecule has 0 aliphatic rings. The minimum atomic E-state index is -3.04. The van der Waals surface area contributed by atoms with Crippen molar-refractivity contribution in [2.24, 2.45) is 0 Å². The zero-order valence-corrected chi connectivity index (χ0v) is 14.9. The number of nitrogens with one attached hydrogen (secondary N) is 1. The molecule has 1 heterocycles. The van der Waals surface area contributed by atoms with E-state index in [1.165, 1.54) is 36.4 Å². The van der Waals surface area contributed by atoms with E-state index in [-0.39, 0.29) is 29.4 Å². The smallest absolute Gasteiger partial charge is 0.387 e. The van der Waals surface area contributed by atoms with Crippen LogP contribution in [-0.4, -0.2) is 41.1 Å². The van der Waals surface area contributed by atoms with Crippen LogP contribution in [-0.2, 0) is 0 Å². The number of aliphatic hydroxyl groups is 2. The predicted molar refractivity (Wildman–Crippen MR) is 100 cm³/mol. The second-order valence-electron chi connectivity index (χ2n) is 6.11. The van der Waals surface area contributed by atoms with Gasteiger partial charge in [0, 0.05) is 17.5 Å². The van der Waals surface area contributed by atoms with Crippen LogP contribution in [0.15, 0.2) is 42.5 Å². The van der Waals surface area contributed by atoms with Crippen molar-refractivity contribution in [3.63, 3.8) is 0 Å². The van der Waals surface area contributed by atoms with Gasteiger partial charge in [-0.1, -0.05) is 12.1 Å². The maximum atomic E-state index is 13.8. The quantitative estimate of drug-likeness (QED) is 0.560. The Balaban J connectivity index is 2.25. The Morgan fingerprint density at radius 3 is 2.62 bits per heavy atom. The first-order chi connectivity index (χ1) is 13.9. The highest BCUT2D eigenvalue weighted by Gasteiger charge is 2.18. The molecule has 3 N–H and O–H groups in total. The van der Waals surface area contributed by atoms with Gasteiger partial charge in [0.25, 0.3) is 0 Å². The summed E-state index contributed by atoms with van der Waals surface area (Å²) in [5.74, 6) is -0.470. The van der Waals surface area contributed by atoms with Crippen LogP contribution < -0.4 is 10.1 Å². The fraction of sp³-hybridized carbons (Fsp3) is 0.200. The van der Waals surface area contributed by atoms with Crippen molar-refractivity contribution in [1.82, 2.24) is 4.98 Å². The summed E-state index contributed by atoms with van der Waals surface area (Å²) in [6.45, 7) is -3.58. The number of alkyl halides is 2. The highest BCUT2D eigenvalue weighted by Crippen LogP contribution is 2.37. The lowest BCUT2D eigenvalue weighted by molar-refractivity contribution is -0.0497. The molecule has 0 saturated carbocycles. The van der Waals surface area contributed by atoms with E-state index in [1.54, 1.807) is 6.07 Å². The highest BCUT2D eigenvalue weighted by atomic mass is 19.3. The van der Waals surface area contributed by atoms with Crippen LogP contribution in [0.25, 0.3) is 21.9 Å². The Bertz CT molecular complexity index is 1070. The van der Waals surface area contributed by atoms with Gasteiger partial charge in [0.1, 0.15) is 23.5 Å². The van der Waals surface area contributed by atoms with Crippen LogP contribution in [0.3, 0.4) is 0 Å². The molecule has 0 saturated heterocycles. The van der Waals surface area contributed by atoms with Gasteiger partial charge in [-0.25, -0.2) is 9.37 Å². The first-order valence-electron chi connectivity index (χ1n) is 8.54. The number of rotatable bonds is 7. The number of aromatic nitrogens is 1. The number of hydrogen-bond acceptors (Lipinski definition) is 6. The molecule has 9 heteroatoms. The number of halogens is 3. The Kier molecular flexibility index (Phi) is 6.16. The van der Waals surface area contributed by atoms with Gasteiger partial charge in [-0.2, -0.15) is 14.0 Å². The summed E-state index contributed by atoms with van der Waals surface area (Å²) in [7, 11) is 0. The van der Waals surface area contributed by atoms with Crippen molar-refractivity contribution in [2.75, 3.05) is 18.5 Å². The third-order valence-electron chi connectivity index (χ3n) is 4.14. The molecule has 0 radical (unpaired) electrons. The van der Waals surface area contributed by atoms with Crippen LogP contribution in [0.2, 0.25) is 0 Å².